The highest BCUT2D eigenvalue weighted by Crippen LogP contribution is 2.43. The molecule has 2 heterocycles. The van der Waals surface area contributed by atoms with Gasteiger partial charge in [0, 0.05) is 29.7 Å². The number of hydrogen-bond acceptors (Lipinski definition) is 4. The van der Waals surface area contributed by atoms with Gasteiger partial charge in [-0.25, -0.2) is 9.67 Å². The molecule has 0 fully saturated rings. The van der Waals surface area contributed by atoms with Crippen molar-refractivity contribution in [3.05, 3.63) is 82.8 Å². The van der Waals surface area contributed by atoms with Crippen LogP contribution in [-0.4, -0.2) is 26.2 Å². The molecule has 130 valence electrons. The highest BCUT2D eigenvalue weighted by molar-refractivity contribution is 6.51. The number of pyridine rings is 1. The molecule has 6 heteroatoms. The molecule has 3 aromatic rings. The molecule has 1 aliphatic carbocycles. The number of fused-ring (bicyclic) bond motifs is 1. The molecule has 0 spiro atoms. The van der Waals surface area contributed by atoms with Crippen molar-refractivity contribution in [3.8, 4) is 5.82 Å². The SMILES string of the molecule is Cc1nn(-c2ccccn2)c2c1C(Cl)=C(/C=N/O)C(c1ccccc1)C2. The minimum absolute atomic E-state index is 0.0225. The van der Waals surface area contributed by atoms with E-state index in [1.807, 2.05) is 48.0 Å². The van der Waals surface area contributed by atoms with E-state index in [4.69, 9.17) is 16.8 Å². The quantitative estimate of drug-likeness (QED) is 0.427. The van der Waals surface area contributed by atoms with Crippen LogP contribution in [0, 0.1) is 6.92 Å². The zero-order valence-corrected chi connectivity index (χ0v) is 14.9. The van der Waals surface area contributed by atoms with Gasteiger partial charge in [-0.2, -0.15) is 5.10 Å². The third-order valence-corrected chi connectivity index (χ3v) is 5.07. The summed E-state index contributed by atoms with van der Waals surface area (Å²) in [6.07, 6.45) is 3.87. The van der Waals surface area contributed by atoms with Gasteiger partial charge in [-0.3, -0.25) is 0 Å². The largest absolute Gasteiger partial charge is 0.411 e. The van der Waals surface area contributed by atoms with Crippen molar-refractivity contribution in [2.45, 2.75) is 19.3 Å². The average molecular weight is 365 g/mol. The zero-order valence-electron chi connectivity index (χ0n) is 14.2. The predicted octanol–water partition coefficient (Wildman–Crippen LogP) is 4.33. The normalized spacial score (nSPS) is 16.9. The van der Waals surface area contributed by atoms with Crippen LogP contribution in [0.2, 0.25) is 0 Å². The Morgan fingerprint density at radius 3 is 2.65 bits per heavy atom. The first kappa shape index (κ1) is 16.5. The van der Waals surface area contributed by atoms with Crippen LogP contribution in [0.25, 0.3) is 10.9 Å². The summed E-state index contributed by atoms with van der Waals surface area (Å²) in [5, 5.41) is 17.6. The lowest BCUT2D eigenvalue weighted by molar-refractivity contribution is 0.321. The molecule has 2 aromatic heterocycles. The maximum atomic E-state index is 9.15. The molecule has 1 aliphatic rings. The first-order chi connectivity index (χ1) is 12.7. The zero-order chi connectivity index (χ0) is 18.1. The number of allylic oxidation sites excluding steroid dienone is 1. The Morgan fingerprint density at radius 1 is 1.19 bits per heavy atom. The Hall–Kier alpha value is -2.92. The summed E-state index contributed by atoms with van der Waals surface area (Å²) in [5.74, 6) is 0.734. The molecule has 0 saturated heterocycles. The van der Waals surface area contributed by atoms with Crippen LogP contribution in [0.1, 0.15) is 28.4 Å². The van der Waals surface area contributed by atoms with Crippen LogP contribution in [0.3, 0.4) is 0 Å². The molecule has 0 bridgehead atoms. The second-order valence-electron chi connectivity index (χ2n) is 6.19. The number of aryl methyl sites for hydroxylation is 1. The Bertz CT molecular complexity index is 993. The van der Waals surface area contributed by atoms with Crippen molar-refractivity contribution in [2.24, 2.45) is 5.16 Å². The van der Waals surface area contributed by atoms with Crippen LogP contribution < -0.4 is 0 Å². The highest BCUT2D eigenvalue weighted by atomic mass is 35.5. The molecule has 1 N–H and O–H groups in total. The van der Waals surface area contributed by atoms with Gasteiger partial charge in [-0.1, -0.05) is 53.2 Å². The summed E-state index contributed by atoms with van der Waals surface area (Å²) in [7, 11) is 0. The first-order valence-corrected chi connectivity index (χ1v) is 8.70. The van der Waals surface area contributed by atoms with Crippen molar-refractivity contribution in [3.63, 3.8) is 0 Å². The lowest BCUT2D eigenvalue weighted by Gasteiger charge is -2.25. The van der Waals surface area contributed by atoms with E-state index in [2.05, 4.69) is 27.4 Å². The summed E-state index contributed by atoms with van der Waals surface area (Å²) in [6, 6.07) is 15.8. The summed E-state index contributed by atoms with van der Waals surface area (Å²) in [6.45, 7) is 1.93. The molecular weight excluding hydrogens is 348 g/mol. The van der Waals surface area contributed by atoms with Gasteiger partial charge in [-0.15, -0.1) is 0 Å². The number of hydrogen-bond donors (Lipinski definition) is 1. The summed E-state index contributed by atoms with van der Waals surface area (Å²) >= 11 is 6.75. The van der Waals surface area contributed by atoms with Crippen molar-refractivity contribution in [1.82, 2.24) is 14.8 Å². The van der Waals surface area contributed by atoms with E-state index >= 15 is 0 Å². The summed E-state index contributed by atoms with van der Waals surface area (Å²) in [5.41, 5.74) is 4.62. The number of aromatic nitrogens is 3. The van der Waals surface area contributed by atoms with Crippen molar-refractivity contribution < 1.29 is 5.21 Å². The van der Waals surface area contributed by atoms with E-state index in [0.29, 0.717) is 11.5 Å². The van der Waals surface area contributed by atoms with Gasteiger partial charge in [0.05, 0.1) is 22.6 Å². The van der Waals surface area contributed by atoms with E-state index in [-0.39, 0.29) is 5.92 Å². The Morgan fingerprint density at radius 2 is 1.96 bits per heavy atom. The molecule has 1 atom stereocenters. The number of nitrogens with zero attached hydrogens (tertiary/aromatic N) is 4. The van der Waals surface area contributed by atoms with Gasteiger partial charge in [0.2, 0.25) is 0 Å². The minimum Gasteiger partial charge on any atom is -0.411 e. The van der Waals surface area contributed by atoms with Gasteiger partial charge in [0.25, 0.3) is 0 Å². The minimum atomic E-state index is -0.0225. The third-order valence-electron chi connectivity index (χ3n) is 4.67. The maximum Gasteiger partial charge on any atom is 0.153 e. The van der Waals surface area contributed by atoms with Crippen LogP contribution >= 0.6 is 11.6 Å². The molecule has 0 amide bonds. The summed E-state index contributed by atoms with van der Waals surface area (Å²) < 4.78 is 1.86. The van der Waals surface area contributed by atoms with Gasteiger partial charge in [0.15, 0.2) is 5.82 Å². The number of benzene rings is 1. The monoisotopic (exact) mass is 364 g/mol. The molecule has 5 nitrogen and oxygen atoms in total. The van der Waals surface area contributed by atoms with Crippen LogP contribution in [0.15, 0.2) is 65.5 Å². The van der Waals surface area contributed by atoms with Crippen molar-refractivity contribution in [1.29, 1.82) is 0 Å². The Balaban J connectivity index is 1.93. The van der Waals surface area contributed by atoms with E-state index in [0.717, 1.165) is 33.9 Å². The lowest BCUT2D eigenvalue weighted by atomic mass is 9.81. The van der Waals surface area contributed by atoms with E-state index in [9.17, 15) is 0 Å². The fourth-order valence-electron chi connectivity index (χ4n) is 3.51. The molecule has 1 aromatic carbocycles. The van der Waals surface area contributed by atoms with Gasteiger partial charge < -0.3 is 5.21 Å². The Labute approximate surface area is 156 Å². The third kappa shape index (κ3) is 2.70. The maximum absolute atomic E-state index is 9.15. The molecule has 0 radical (unpaired) electrons. The lowest BCUT2D eigenvalue weighted by Crippen LogP contribution is -2.17. The molecule has 0 saturated carbocycles. The van der Waals surface area contributed by atoms with Crippen LogP contribution in [0.5, 0.6) is 0 Å². The second-order valence-corrected chi connectivity index (χ2v) is 6.57. The number of rotatable bonds is 3. The van der Waals surface area contributed by atoms with Crippen LogP contribution in [0.4, 0.5) is 0 Å². The molecular formula is C20H17ClN4O. The fourth-order valence-corrected chi connectivity index (χ4v) is 3.94. The van der Waals surface area contributed by atoms with E-state index in [1.165, 1.54) is 6.21 Å². The van der Waals surface area contributed by atoms with Crippen molar-refractivity contribution in [2.75, 3.05) is 0 Å². The second kappa shape index (κ2) is 6.77. The predicted molar refractivity (Wildman–Crippen MR) is 102 cm³/mol. The number of oxime groups is 1. The van der Waals surface area contributed by atoms with Crippen molar-refractivity contribution >= 4 is 22.8 Å². The van der Waals surface area contributed by atoms with E-state index in [1.54, 1.807) is 6.20 Å². The topological polar surface area (TPSA) is 63.3 Å². The Kier molecular flexibility index (Phi) is 4.31. The molecule has 0 aliphatic heterocycles. The van der Waals surface area contributed by atoms with Gasteiger partial charge in [0.1, 0.15) is 0 Å². The highest BCUT2D eigenvalue weighted by Gasteiger charge is 2.32. The number of halogens is 1. The average Bonchev–Trinajstić information content (AvgIpc) is 3.02. The smallest absolute Gasteiger partial charge is 0.153 e. The fraction of sp³-hybridized carbons (Fsp3) is 0.150. The summed E-state index contributed by atoms with van der Waals surface area (Å²) in [4.78, 5) is 4.42. The first-order valence-electron chi connectivity index (χ1n) is 8.33. The molecule has 1 unspecified atom stereocenters. The standard InChI is InChI=1S/C20H17ClN4O/c1-13-19-17(25(24-13)18-9-5-6-10-22-18)11-15(14-7-3-2-4-8-14)16(12-23-26)20(19)21/h2-10,12,15,26H,11H2,1H3/b23-12+. The van der Waals surface area contributed by atoms with E-state index < -0.39 is 0 Å². The molecule has 26 heavy (non-hydrogen) atoms. The van der Waals surface area contributed by atoms with Gasteiger partial charge >= 0.3 is 0 Å². The molecule has 4 rings (SSSR count). The van der Waals surface area contributed by atoms with Crippen LogP contribution in [-0.2, 0) is 6.42 Å². The van der Waals surface area contributed by atoms with Gasteiger partial charge in [-0.05, 0) is 24.6 Å².